The molecule has 2 aliphatic rings. The Labute approximate surface area is 208 Å². The maximum Gasteiger partial charge on any atom is 0.407 e. The van der Waals surface area contributed by atoms with Gasteiger partial charge in [0.25, 0.3) is 5.91 Å². The number of rotatable bonds is 5. The van der Waals surface area contributed by atoms with Gasteiger partial charge in [0.1, 0.15) is 5.65 Å². The van der Waals surface area contributed by atoms with E-state index in [1.54, 1.807) is 47.3 Å². The van der Waals surface area contributed by atoms with Crippen LogP contribution in [-0.4, -0.2) is 82.5 Å². The Balaban J connectivity index is 1.23. The van der Waals surface area contributed by atoms with Crippen LogP contribution < -0.4 is 5.32 Å². The summed E-state index contributed by atoms with van der Waals surface area (Å²) in [5.41, 5.74) is 1.17. The second kappa shape index (κ2) is 9.52. The second-order valence-electron chi connectivity index (χ2n) is 9.11. The zero-order valence-corrected chi connectivity index (χ0v) is 20.4. The molecule has 1 unspecified atom stereocenters. The zero-order valence-electron chi connectivity index (χ0n) is 19.5. The summed E-state index contributed by atoms with van der Waals surface area (Å²) < 4.78 is 35.7. The minimum atomic E-state index is -3.79. The summed E-state index contributed by atoms with van der Waals surface area (Å²) in [6.07, 6.45) is 5.32. The molecular weight excluding hydrogens is 486 g/mol. The summed E-state index contributed by atoms with van der Waals surface area (Å²) in [6, 6.07) is 9.87. The number of carboxylic acid groups (broad SMARTS) is 1. The minimum absolute atomic E-state index is 0.109. The number of amides is 2. The molecule has 0 radical (unpaired) electrons. The van der Waals surface area contributed by atoms with Crippen molar-refractivity contribution in [1.82, 2.24) is 23.9 Å². The fourth-order valence-corrected chi connectivity index (χ4v) is 6.29. The number of hydrogen-bond acceptors (Lipinski definition) is 6. The Kier molecular flexibility index (Phi) is 6.41. The third-order valence-electron chi connectivity index (χ3n) is 6.69. The van der Waals surface area contributed by atoms with E-state index in [9.17, 15) is 23.1 Å². The lowest BCUT2D eigenvalue weighted by atomic mass is 9.91. The van der Waals surface area contributed by atoms with Gasteiger partial charge in [-0.3, -0.25) is 4.79 Å². The molecule has 5 rings (SSSR count). The average molecular weight is 514 g/mol. The van der Waals surface area contributed by atoms with Crippen LogP contribution in [0.15, 0.2) is 59.9 Å². The van der Waals surface area contributed by atoms with Gasteiger partial charge in [-0.25, -0.2) is 18.2 Å². The molecule has 12 heteroatoms. The molecule has 2 amide bonds. The number of pyridine rings is 1. The van der Waals surface area contributed by atoms with E-state index in [0.29, 0.717) is 24.9 Å². The number of nitrogens with zero attached hydrogens (tertiary/aromatic N) is 4. The van der Waals surface area contributed by atoms with Crippen LogP contribution in [0.1, 0.15) is 28.8 Å². The third kappa shape index (κ3) is 4.79. The van der Waals surface area contributed by atoms with E-state index in [0.717, 1.165) is 11.2 Å². The molecule has 0 saturated carbocycles. The first-order valence-electron chi connectivity index (χ1n) is 11.7. The summed E-state index contributed by atoms with van der Waals surface area (Å²) in [7, 11) is -3.79. The number of aromatic nitrogens is 2. The molecule has 190 valence electrons. The Morgan fingerprint density at radius 3 is 2.69 bits per heavy atom. The summed E-state index contributed by atoms with van der Waals surface area (Å²) >= 11 is 0. The lowest BCUT2D eigenvalue weighted by Gasteiger charge is -2.46. The van der Waals surface area contributed by atoms with Crippen molar-refractivity contribution in [3.05, 3.63) is 66.1 Å². The van der Waals surface area contributed by atoms with Crippen LogP contribution in [0.25, 0.3) is 5.65 Å². The van der Waals surface area contributed by atoms with Crippen molar-refractivity contribution in [3.63, 3.8) is 0 Å². The maximum absolute atomic E-state index is 13.3. The number of piperidine rings is 1. The van der Waals surface area contributed by atoms with E-state index in [1.165, 1.54) is 21.3 Å². The Hall–Kier alpha value is -3.48. The Bertz CT molecular complexity index is 1390. The minimum Gasteiger partial charge on any atom is -0.465 e. The van der Waals surface area contributed by atoms with E-state index in [4.69, 9.17) is 4.74 Å². The number of benzene rings is 1. The molecule has 11 nitrogen and oxygen atoms in total. The van der Waals surface area contributed by atoms with E-state index in [-0.39, 0.29) is 43.6 Å². The molecular formula is C24H27N5O6S. The molecule has 0 aliphatic carbocycles. The first kappa shape index (κ1) is 24.2. The Morgan fingerprint density at radius 2 is 1.92 bits per heavy atom. The fourth-order valence-electron chi connectivity index (χ4n) is 4.79. The predicted molar refractivity (Wildman–Crippen MR) is 129 cm³/mol. The molecule has 2 saturated heterocycles. The highest BCUT2D eigenvalue weighted by molar-refractivity contribution is 7.89. The van der Waals surface area contributed by atoms with Crippen LogP contribution in [0, 0.1) is 0 Å². The van der Waals surface area contributed by atoms with Gasteiger partial charge in [-0.05, 0) is 42.7 Å². The monoisotopic (exact) mass is 513 g/mol. The predicted octanol–water partition coefficient (Wildman–Crippen LogP) is 1.80. The van der Waals surface area contributed by atoms with Gasteiger partial charge in [-0.1, -0.05) is 12.1 Å². The summed E-state index contributed by atoms with van der Waals surface area (Å²) in [6.45, 7) is 1.34. The quantitative estimate of drug-likeness (QED) is 0.531. The Morgan fingerprint density at radius 1 is 1.11 bits per heavy atom. The number of sulfonamides is 1. The van der Waals surface area contributed by atoms with Crippen molar-refractivity contribution in [2.45, 2.75) is 29.9 Å². The molecule has 1 aromatic carbocycles. The molecule has 2 fully saturated rings. The SMILES string of the molecule is O=C(NCc1ccc(S(=O)(=O)N2CCOC3(CCCN(C(=O)O)C3)C2)cc1)c1ccc2nccn2c1. The van der Waals surface area contributed by atoms with E-state index in [2.05, 4.69) is 10.3 Å². The number of carbonyl (C=O) groups excluding carboxylic acids is 1. The third-order valence-corrected chi connectivity index (χ3v) is 8.55. The number of likely N-dealkylation sites (tertiary alicyclic amines) is 1. The second-order valence-corrected chi connectivity index (χ2v) is 11.1. The van der Waals surface area contributed by atoms with E-state index >= 15 is 0 Å². The number of carbonyl (C=O) groups is 2. The van der Waals surface area contributed by atoms with E-state index < -0.39 is 21.7 Å². The van der Waals surface area contributed by atoms with Crippen molar-refractivity contribution >= 4 is 27.7 Å². The summed E-state index contributed by atoms with van der Waals surface area (Å²) in [5.74, 6) is -0.246. The number of ether oxygens (including phenoxy) is 1. The molecule has 3 aromatic rings. The van der Waals surface area contributed by atoms with Gasteiger partial charge in [-0.2, -0.15) is 4.31 Å². The van der Waals surface area contributed by atoms with Gasteiger partial charge in [0.05, 0.1) is 29.2 Å². The molecule has 36 heavy (non-hydrogen) atoms. The summed E-state index contributed by atoms with van der Waals surface area (Å²) in [4.78, 5) is 29.6. The number of fused-ring (bicyclic) bond motifs is 1. The smallest absolute Gasteiger partial charge is 0.407 e. The maximum atomic E-state index is 13.3. The van der Waals surface area contributed by atoms with Gasteiger partial charge in [0.15, 0.2) is 0 Å². The van der Waals surface area contributed by atoms with E-state index in [1.807, 2.05) is 0 Å². The summed E-state index contributed by atoms with van der Waals surface area (Å²) in [5, 5.41) is 12.2. The number of imidazole rings is 1. The lowest BCUT2D eigenvalue weighted by Crippen LogP contribution is -2.61. The van der Waals surface area contributed by atoms with Crippen molar-refractivity contribution in [2.75, 3.05) is 32.8 Å². The number of nitrogens with one attached hydrogen (secondary N) is 1. The molecule has 2 N–H and O–H groups in total. The molecule has 4 heterocycles. The first-order valence-corrected chi connectivity index (χ1v) is 13.1. The molecule has 2 aromatic heterocycles. The molecule has 1 spiro atoms. The van der Waals surface area contributed by atoms with Crippen molar-refractivity contribution in [2.24, 2.45) is 0 Å². The van der Waals surface area contributed by atoms with Crippen LogP contribution in [0.4, 0.5) is 4.79 Å². The van der Waals surface area contributed by atoms with Gasteiger partial charge in [0, 0.05) is 44.8 Å². The highest BCUT2D eigenvalue weighted by atomic mass is 32.2. The van der Waals surface area contributed by atoms with Gasteiger partial charge < -0.3 is 24.5 Å². The zero-order chi connectivity index (χ0) is 25.3. The van der Waals surface area contributed by atoms with Crippen LogP contribution >= 0.6 is 0 Å². The van der Waals surface area contributed by atoms with Crippen LogP contribution in [0.3, 0.4) is 0 Å². The lowest BCUT2D eigenvalue weighted by molar-refractivity contribution is -0.119. The van der Waals surface area contributed by atoms with Gasteiger partial charge in [-0.15, -0.1) is 0 Å². The molecule has 1 atom stereocenters. The first-order chi connectivity index (χ1) is 17.3. The highest BCUT2D eigenvalue weighted by Gasteiger charge is 2.44. The molecule has 0 bridgehead atoms. The fraction of sp³-hybridized carbons (Fsp3) is 0.375. The highest BCUT2D eigenvalue weighted by Crippen LogP contribution is 2.31. The standard InChI is InChI=1S/C24H27N5O6S/c30-22(19-4-7-21-25-9-11-27(21)15-19)26-14-18-2-5-20(6-3-18)36(33,34)29-12-13-35-24(17-29)8-1-10-28(16-24)23(31)32/h2-7,9,11,15H,1,8,10,12-14,16-17H2,(H,26,30)(H,31,32). The van der Waals surface area contributed by atoms with Crippen molar-refractivity contribution < 1.29 is 27.9 Å². The van der Waals surface area contributed by atoms with Gasteiger partial charge in [0.2, 0.25) is 10.0 Å². The van der Waals surface area contributed by atoms with Crippen molar-refractivity contribution in [3.8, 4) is 0 Å². The largest absolute Gasteiger partial charge is 0.465 e. The van der Waals surface area contributed by atoms with Gasteiger partial charge >= 0.3 is 6.09 Å². The van der Waals surface area contributed by atoms with Crippen LogP contribution in [0.5, 0.6) is 0 Å². The number of morpholine rings is 1. The van der Waals surface area contributed by atoms with Crippen LogP contribution in [-0.2, 0) is 21.3 Å². The van der Waals surface area contributed by atoms with Crippen LogP contribution in [0.2, 0.25) is 0 Å². The normalized spacial score (nSPS) is 21.1. The molecule has 2 aliphatic heterocycles. The van der Waals surface area contributed by atoms with Crippen molar-refractivity contribution in [1.29, 1.82) is 0 Å². The topological polar surface area (TPSA) is 134 Å². The number of hydrogen-bond donors (Lipinski definition) is 2. The average Bonchev–Trinajstić information content (AvgIpc) is 3.35.